The van der Waals surface area contributed by atoms with E-state index >= 15 is 0 Å². The normalized spacial score (nSPS) is 19.6. The van der Waals surface area contributed by atoms with E-state index in [0.717, 1.165) is 24.5 Å². The summed E-state index contributed by atoms with van der Waals surface area (Å²) in [5.74, 6) is 1.06. The van der Waals surface area contributed by atoms with Crippen LogP contribution in [0, 0.1) is 6.92 Å². The van der Waals surface area contributed by atoms with Gasteiger partial charge in [-0.3, -0.25) is 0 Å². The van der Waals surface area contributed by atoms with Gasteiger partial charge in [0.1, 0.15) is 11.4 Å². The highest BCUT2D eigenvalue weighted by atomic mass is 16.6. The molecule has 2 rings (SSSR count). The number of carbonyl (C=O) groups is 1. The first-order valence-electron chi connectivity index (χ1n) is 6.62. The fourth-order valence-electron chi connectivity index (χ4n) is 2.20. The van der Waals surface area contributed by atoms with Crippen LogP contribution < -0.4 is 0 Å². The van der Waals surface area contributed by atoms with Crippen LogP contribution in [0.1, 0.15) is 44.6 Å². The second-order valence-electron chi connectivity index (χ2n) is 5.94. The number of hydrogen-bond donors (Lipinski definition) is 0. The van der Waals surface area contributed by atoms with Crippen molar-refractivity contribution in [2.24, 2.45) is 0 Å². The molecule has 1 amide bonds. The molecular formula is C14H21N3O2. The van der Waals surface area contributed by atoms with Crippen molar-refractivity contribution in [2.45, 2.75) is 45.6 Å². The van der Waals surface area contributed by atoms with E-state index in [-0.39, 0.29) is 12.0 Å². The zero-order valence-electron chi connectivity index (χ0n) is 12.0. The number of likely N-dealkylation sites (tertiary alicyclic amines) is 1. The van der Waals surface area contributed by atoms with Crippen LogP contribution in [0.4, 0.5) is 4.79 Å². The highest BCUT2D eigenvalue weighted by molar-refractivity contribution is 5.68. The van der Waals surface area contributed by atoms with Crippen LogP contribution in [0.5, 0.6) is 0 Å². The summed E-state index contributed by atoms with van der Waals surface area (Å²) >= 11 is 0. The Bertz CT molecular complexity index is 468. The number of nitrogens with zero attached hydrogens (tertiary/aromatic N) is 3. The fraction of sp³-hybridized carbons (Fsp3) is 0.643. The highest BCUT2D eigenvalue weighted by Crippen LogP contribution is 2.26. The predicted molar refractivity (Wildman–Crippen MR) is 71.9 cm³/mol. The van der Waals surface area contributed by atoms with E-state index in [9.17, 15) is 4.79 Å². The van der Waals surface area contributed by atoms with Gasteiger partial charge in [-0.05, 0) is 40.2 Å². The summed E-state index contributed by atoms with van der Waals surface area (Å²) in [6.45, 7) is 8.92. The molecule has 0 bridgehead atoms. The average Bonchev–Trinajstić information content (AvgIpc) is 2.75. The Hall–Kier alpha value is -1.65. The van der Waals surface area contributed by atoms with Crippen LogP contribution in [0.2, 0.25) is 0 Å². The second kappa shape index (κ2) is 5.15. The van der Waals surface area contributed by atoms with Gasteiger partial charge in [-0.25, -0.2) is 14.8 Å². The van der Waals surface area contributed by atoms with E-state index in [1.165, 1.54) is 0 Å². The molecule has 1 aliphatic heterocycles. The Labute approximate surface area is 114 Å². The molecule has 0 spiro atoms. The maximum atomic E-state index is 12.0. The Balaban J connectivity index is 1.98. The SMILES string of the molecule is Cc1nccc([C@H]2CCN(C(=O)OC(C)(C)C)C2)n1. The molecule has 0 aromatic carbocycles. The van der Waals surface area contributed by atoms with E-state index in [1.54, 1.807) is 11.1 Å². The van der Waals surface area contributed by atoms with Gasteiger partial charge in [0.2, 0.25) is 0 Å². The number of hydrogen-bond acceptors (Lipinski definition) is 4. The van der Waals surface area contributed by atoms with Gasteiger partial charge in [0.05, 0.1) is 0 Å². The first-order valence-corrected chi connectivity index (χ1v) is 6.62. The number of aryl methyl sites for hydroxylation is 1. The minimum absolute atomic E-state index is 0.235. The maximum Gasteiger partial charge on any atom is 0.410 e. The van der Waals surface area contributed by atoms with Gasteiger partial charge >= 0.3 is 6.09 Å². The molecule has 1 atom stereocenters. The molecule has 1 saturated heterocycles. The third-order valence-corrected chi connectivity index (χ3v) is 3.06. The molecule has 5 heteroatoms. The molecule has 1 aliphatic rings. The highest BCUT2D eigenvalue weighted by Gasteiger charge is 2.31. The van der Waals surface area contributed by atoms with Gasteiger partial charge in [0, 0.05) is 30.9 Å². The molecule has 19 heavy (non-hydrogen) atoms. The van der Waals surface area contributed by atoms with Crippen molar-refractivity contribution in [2.75, 3.05) is 13.1 Å². The maximum absolute atomic E-state index is 12.0. The molecule has 5 nitrogen and oxygen atoms in total. The summed E-state index contributed by atoms with van der Waals surface area (Å²) in [6.07, 6.45) is 2.46. The van der Waals surface area contributed by atoms with Crippen molar-refractivity contribution in [3.05, 3.63) is 23.8 Å². The summed E-state index contributed by atoms with van der Waals surface area (Å²) < 4.78 is 5.38. The quantitative estimate of drug-likeness (QED) is 0.781. The minimum atomic E-state index is -0.444. The largest absolute Gasteiger partial charge is 0.444 e. The molecule has 2 heterocycles. The van der Waals surface area contributed by atoms with Crippen molar-refractivity contribution < 1.29 is 9.53 Å². The van der Waals surface area contributed by atoms with Crippen LogP contribution >= 0.6 is 0 Å². The van der Waals surface area contributed by atoms with Gasteiger partial charge in [-0.15, -0.1) is 0 Å². The lowest BCUT2D eigenvalue weighted by molar-refractivity contribution is 0.0292. The van der Waals surface area contributed by atoms with Crippen LogP contribution in [-0.4, -0.2) is 39.7 Å². The molecule has 0 saturated carbocycles. The molecule has 104 valence electrons. The monoisotopic (exact) mass is 263 g/mol. The van der Waals surface area contributed by atoms with Crippen LogP contribution in [-0.2, 0) is 4.74 Å². The lowest BCUT2D eigenvalue weighted by Crippen LogP contribution is -2.35. The average molecular weight is 263 g/mol. The summed E-state index contributed by atoms with van der Waals surface area (Å²) in [5, 5.41) is 0. The van der Waals surface area contributed by atoms with E-state index < -0.39 is 5.60 Å². The lowest BCUT2D eigenvalue weighted by atomic mass is 10.1. The predicted octanol–water partition coefficient (Wildman–Crippen LogP) is 2.51. The third-order valence-electron chi connectivity index (χ3n) is 3.06. The van der Waals surface area contributed by atoms with Gasteiger partial charge in [0.15, 0.2) is 0 Å². The molecule has 0 radical (unpaired) electrons. The third kappa shape index (κ3) is 3.66. The molecule has 1 aromatic heterocycles. The van der Waals surface area contributed by atoms with Gasteiger partial charge < -0.3 is 9.64 Å². The van der Waals surface area contributed by atoms with Crippen LogP contribution in [0.3, 0.4) is 0 Å². The van der Waals surface area contributed by atoms with Crippen LogP contribution in [0.15, 0.2) is 12.3 Å². The second-order valence-corrected chi connectivity index (χ2v) is 5.94. The van der Waals surface area contributed by atoms with E-state index in [2.05, 4.69) is 9.97 Å². The Morgan fingerprint density at radius 2 is 2.21 bits per heavy atom. The van der Waals surface area contributed by atoms with Crippen molar-refractivity contribution in [1.82, 2.24) is 14.9 Å². The van der Waals surface area contributed by atoms with Crippen molar-refractivity contribution in [3.63, 3.8) is 0 Å². The molecule has 0 unspecified atom stereocenters. The minimum Gasteiger partial charge on any atom is -0.444 e. The van der Waals surface area contributed by atoms with Gasteiger partial charge in [0.25, 0.3) is 0 Å². The van der Waals surface area contributed by atoms with Crippen molar-refractivity contribution >= 4 is 6.09 Å². The molecule has 0 N–H and O–H groups in total. The van der Waals surface area contributed by atoms with Gasteiger partial charge in [-0.2, -0.15) is 0 Å². The molecule has 1 fully saturated rings. The topological polar surface area (TPSA) is 55.3 Å². The standard InChI is InChI=1S/C14H21N3O2/c1-10-15-7-5-12(16-10)11-6-8-17(9-11)13(18)19-14(2,3)4/h5,7,11H,6,8-9H2,1-4H3/t11-/m0/s1. The molecular weight excluding hydrogens is 242 g/mol. The molecule has 1 aromatic rings. The van der Waals surface area contributed by atoms with Crippen molar-refractivity contribution in [1.29, 1.82) is 0 Å². The first-order chi connectivity index (χ1) is 8.85. The Morgan fingerprint density at radius 1 is 1.47 bits per heavy atom. The number of amides is 1. The van der Waals surface area contributed by atoms with Gasteiger partial charge in [-0.1, -0.05) is 0 Å². The smallest absolute Gasteiger partial charge is 0.410 e. The number of ether oxygens (including phenoxy) is 1. The zero-order valence-corrected chi connectivity index (χ0v) is 12.0. The van der Waals surface area contributed by atoms with Crippen LogP contribution in [0.25, 0.3) is 0 Å². The summed E-state index contributed by atoms with van der Waals surface area (Å²) in [5.41, 5.74) is 0.569. The fourth-order valence-corrected chi connectivity index (χ4v) is 2.20. The number of aromatic nitrogens is 2. The summed E-state index contributed by atoms with van der Waals surface area (Å²) in [4.78, 5) is 22.3. The summed E-state index contributed by atoms with van der Waals surface area (Å²) in [7, 11) is 0. The first kappa shape index (κ1) is 13.8. The summed E-state index contributed by atoms with van der Waals surface area (Å²) in [6, 6.07) is 1.93. The van der Waals surface area contributed by atoms with E-state index in [0.29, 0.717) is 6.54 Å². The zero-order chi connectivity index (χ0) is 14.0. The van der Waals surface area contributed by atoms with Crippen molar-refractivity contribution in [3.8, 4) is 0 Å². The number of carbonyl (C=O) groups excluding carboxylic acids is 1. The van der Waals surface area contributed by atoms with E-state index in [1.807, 2.05) is 33.8 Å². The van der Waals surface area contributed by atoms with E-state index in [4.69, 9.17) is 4.74 Å². The molecule has 0 aliphatic carbocycles. The Morgan fingerprint density at radius 3 is 2.84 bits per heavy atom. The number of rotatable bonds is 1. The Kier molecular flexibility index (Phi) is 3.73. The lowest BCUT2D eigenvalue weighted by Gasteiger charge is -2.24.